The van der Waals surface area contributed by atoms with Crippen LogP contribution in [-0.2, 0) is 11.4 Å². The molecule has 2 aliphatic rings. The van der Waals surface area contributed by atoms with E-state index in [1.807, 2.05) is 0 Å². The van der Waals surface area contributed by atoms with Crippen molar-refractivity contribution in [3.8, 4) is 11.1 Å². The number of carbonyl (C=O) groups is 3. The van der Waals surface area contributed by atoms with E-state index in [0.29, 0.717) is 11.1 Å². The molecule has 4 rings (SSSR count). The molecule has 0 atom stereocenters. The van der Waals surface area contributed by atoms with E-state index >= 15 is 0 Å². The van der Waals surface area contributed by atoms with Gasteiger partial charge in [0.1, 0.15) is 5.54 Å². The maximum atomic E-state index is 13.6. The van der Waals surface area contributed by atoms with Crippen molar-refractivity contribution in [2.75, 3.05) is 6.54 Å². The zero-order valence-electron chi connectivity index (χ0n) is 16.6. The number of hydrogen-bond acceptors (Lipinski definition) is 5. The van der Waals surface area contributed by atoms with Crippen LogP contribution in [0.4, 0.5) is 13.6 Å². The lowest BCUT2D eigenvalue weighted by molar-refractivity contribution is -0.133. The topological polar surface area (TPSA) is 99.6 Å². The van der Waals surface area contributed by atoms with Gasteiger partial charge in [-0.05, 0) is 30.0 Å². The van der Waals surface area contributed by atoms with Crippen LogP contribution in [0.3, 0.4) is 0 Å². The molecule has 1 aromatic heterocycles. The monoisotopic (exact) mass is 429 g/mol. The molecule has 31 heavy (non-hydrogen) atoms. The second-order valence-corrected chi connectivity index (χ2v) is 7.92. The smallest absolute Gasteiger partial charge is 0.325 e. The minimum atomic E-state index is -2.87. The Morgan fingerprint density at radius 1 is 1.10 bits per heavy atom. The third-order valence-corrected chi connectivity index (χ3v) is 6.11. The summed E-state index contributed by atoms with van der Waals surface area (Å²) in [5.74, 6) is -3.89. The lowest BCUT2D eigenvalue weighted by atomic mass is 9.78. The van der Waals surface area contributed by atoms with Gasteiger partial charge in [-0.25, -0.2) is 13.6 Å². The molecule has 0 unspecified atom stereocenters. The summed E-state index contributed by atoms with van der Waals surface area (Å²) in [7, 11) is 0. The number of benzene rings is 1. The zero-order valence-corrected chi connectivity index (χ0v) is 16.6. The number of nitrogens with one attached hydrogen (secondary N) is 1. The van der Waals surface area contributed by atoms with Crippen LogP contribution in [0.1, 0.15) is 41.6 Å². The van der Waals surface area contributed by atoms with E-state index in [0.717, 1.165) is 16.0 Å². The van der Waals surface area contributed by atoms with Crippen molar-refractivity contribution in [3.05, 3.63) is 53.9 Å². The maximum Gasteiger partial charge on any atom is 0.325 e. The van der Waals surface area contributed by atoms with E-state index in [-0.39, 0.29) is 26.0 Å². The maximum absolute atomic E-state index is 13.6. The summed E-state index contributed by atoms with van der Waals surface area (Å²) in [4.78, 5) is 42.7. The molecule has 3 amide bonds. The van der Waals surface area contributed by atoms with E-state index in [9.17, 15) is 28.3 Å². The van der Waals surface area contributed by atoms with Crippen molar-refractivity contribution in [1.82, 2.24) is 15.2 Å². The first kappa shape index (κ1) is 21.0. The highest BCUT2D eigenvalue weighted by atomic mass is 19.3. The number of imide groups is 1. The van der Waals surface area contributed by atoms with Crippen molar-refractivity contribution in [2.45, 2.75) is 43.8 Å². The number of urea groups is 1. The third kappa shape index (κ3) is 3.81. The molecule has 162 valence electrons. The number of pyridine rings is 1. The van der Waals surface area contributed by atoms with Gasteiger partial charge < -0.3 is 10.0 Å². The number of ketones is 1. The Kier molecular flexibility index (Phi) is 5.30. The summed E-state index contributed by atoms with van der Waals surface area (Å²) in [5.41, 5.74) is 1.10. The number of nitrogens with zero attached hydrogens (tertiary/aromatic N) is 2. The average Bonchev–Trinajstić information content (AvgIpc) is 2.99. The van der Waals surface area contributed by atoms with Crippen LogP contribution in [0.5, 0.6) is 0 Å². The van der Waals surface area contributed by atoms with Crippen molar-refractivity contribution in [2.24, 2.45) is 0 Å². The number of amides is 3. The molecule has 1 saturated carbocycles. The van der Waals surface area contributed by atoms with E-state index in [1.165, 1.54) is 0 Å². The predicted molar refractivity (Wildman–Crippen MR) is 106 cm³/mol. The Bertz CT molecular complexity index is 1030. The van der Waals surface area contributed by atoms with Gasteiger partial charge in [0.25, 0.3) is 5.91 Å². The molecular formula is C22H21F2N3O4. The largest absolute Gasteiger partial charge is 0.392 e. The van der Waals surface area contributed by atoms with Crippen molar-refractivity contribution in [1.29, 1.82) is 0 Å². The van der Waals surface area contributed by atoms with Crippen LogP contribution in [0.25, 0.3) is 11.1 Å². The lowest BCUT2D eigenvalue weighted by Gasteiger charge is -2.40. The zero-order chi connectivity index (χ0) is 22.2. The predicted octanol–water partition coefficient (Wildman–Crippen LogP) is 2.92. The van der Waals surface area contributed by atoms with Gasteiger partial charge in [0.2, 0.25) is 5.92 Å². The van der Waals surface area contributed by atoms with Crippen LogP contribution in [0, 0.1) is 0 Å². The number of halogens is 2. The molecule has 7 nitrogen and oxygen atoms in total. The number of alkyl halides is 2. The molecule has 1 spiro atoms. The first-order chi connectivity index (χ1) is 14.8. The molecule has 1 aromatic carbocycles. The highest BCUT2D eigenvalue weighted by molar-refractivity contribution is 6.09. The molecule has 1 aliphatic heterocycles. The molecule has 1 saturated heterocycles. The van der Waals surface area contributed by atoms with Crippen LogP contribution >= 0.6 is 0 Å². The van der Waals surface area contributed by atoms with Gasteiger partial charge in [0.15, 0.2) is 5.78 Å². The first-order valence-corrected chi connectivity index (χ1v) is 9.94. The molecular weight excluding hydrogens is 408 g/mol. The van der Waals surface area contributed by atoms with Crippen molar-refractivity contribution in [3.63, 3.8) is 0 Å². The highest BCUT2D eigenvalue weighted by Crippen LogP contribution is 2.43. The van der Waals surface area contributed by atoms with Gasteiger partial charge in [-0.1, -0.05) is 24.3 Å². The molecule has 2 N–H and O–H groups in total. The fraction of sp³-hybridized carbons (Fsp3) is 0.364. The Morgan fingerprint density at radius 3 is 2.42 bits per heavy atom. The van der Waals surface area contributed by atoms with Crippen LogP contribution in [0.15, 0.2) is 42.7 Å². The normalized spacial score (nSPS) is 19.5. The number of aliphatic hydroxyl groups excluding tert-OH is 1. The summed E-state index contributed by atoms with van der Waals surface area (Å²) in [5, 5.41) is 11.7. The number of aromatic nitrogens is 1. The summed E-state index contributed by atoms with van der Waals surface area (Å²) in [6.07, 6.45) is 1.80. The SMILES string of the molecule is O=C(CN1C(=O)NC(=O)C12CCC(F)(F)CC2)c1ccc(-c2cnccc2CO)cc1. The first-order valence-electron chi connectivity index (χ1n) is 9.94. The lowest BCUT2D eigenvalue weighted by Crippen LogP contribution is -2.54. The standard InChI is InChI=1S/C22H21F2N3O4/c23-22(24)8-6-21(7-9-22)19(30)26-20(31)27(21)12-18(29)15-3-1-14(2-4-15)17-11-25-10-5-16(17)13-28/h1-5,10-11,28H,6-9,12-13H2,(H,26,30,31). The number of aliphatic hydroxyl groups is 1. The fourth-order valence-electron chi connectivity index (χ4n) is 4.24. The van der Waals surface area contributed by atoms with Crippen molar-refractivity contribution >= 4 is 17.7 Å². The minimum absolute atomic E-state index is 0.155. The van der Waals surface area contributed by atoms with Gasteiger partial charge in [-0.3, -0.25) is 19.9 Å². The van der Waals surface area contributed by atoms with E-state index < -0.39 is 42.0 Å². The highest BCUT2D eigenvalue weighted by Gasteiger charge is 2.57. The Morgan fingerprint density at radius 2 is 1.77 bits per heavy atom. The number of Topliss-reactive ketones (excluding diaryl/α,β-unsaturated/α-hetero) is 1. The summed E-state index contributed by atoms with van der Waals surface area (Å²) in [6.45, 7) is -0.533. The molecule has 1 aliphatic carbocycles. The Labute approximate surface area is 177 Å². The van der Waals surface area contributed by atoms with Crippen LogP contribution in [-0.4, -0.2) is 50.7 Å². The average molecular weight is 429 g/mol. The number of carbonyl (C=O) groups excluding carboxylic acids is 3. The molecule has 2 heterocycles. The van der Waals surface area contributed by atoms with Crippen LogP contribution in [0.2, 0.25) is 0 Å². The molecule has 2 aromatic rings. The summed E-state index contributed by atoms with van der Waals surface area (Å²) < 4.78 is 27.3. The van der Waals surface area contributed by atoms with Gasteiger partial charge in [0, 0.05) is 36.4 Å². The van der Waals surface area contributed by atoms with Gasteiger partial charge >= 0.3 is 6.03 Å². The quantitative estimate of drug-likeness (QED) is 0.562. The van der Waals surface area contributed by atoms with E-state index in [4.69, 9.17) is 0 Å². The second kappa shape index (κ2) is 7.81. The summed E-state index contributed by atoms with van der Waals surface area (Å²) >= 11 is 0. The molecule has 0 radical (unpaired) electrons. The van der Waals surface area contributed by atoms with Gasteiger partial charge in [-0.15, -0.1) is 0 Å². The second-order valence-electron chi connectivity index (χ2n) is 7.92. The fourth-order valence-corrected chi connectivity index (χ4v) is 4.24. The van der Waals surface area contributed by atoms with Gasteiger partial charge in [0.05, 0.1) is 13.2 Å². The number of hydrogen-bond donors (Lipinski definition) is 2. The van der Waals surface area contributed by atoms with E-state index in [2.05, 4.69) is 10.3 Å². The Balaban J connectivity index is 1.53. The van der Waals surface area contributed by atoms with Gasteiger partial charge in [-0.2, -0.15) is 0 Å². The number of rotatable bonds is 5. The molecule has 0 bridgehead atoms. The molecule has 9 heteroatoms. The third-order valence-electron chi connectivity index (χ3n) is 6.11. The van der Waals surface area contributed by atoms with Crippen molar-refractivity contribution < 1.29 is 28.3 Å². The summed E-state index contributed by atoms with van der Waals surface area (Å²) in [6, 6.07) is 7.55. The minimum Gasteiger partial charge on any atom is -0.392 e. The van der Waals surface area contributed by atoms with Crippen LogP contribution < -0.4 is 5.32 Å². The van der Waals surface area contributed by atoms with E-state index in [1.54, 1.807) is 42.7 Å². The molecule has 2 fully saturated rings. The Hall–Kier alpha value is -3.20.